The maximum absolute atomic E-state index is 12.8. The van der Waals surface area contributed by atoms with Crippen LogP contribution in [0.4, 0.5) is 0 Å². The van der Waals surface area contributed by atoms with Crippen LogP contribution in [-0.2, 0) is 4.79 Å². The van der Waals surface area contributed by atoms with Crippen LogP contribution in [0.15, 0.2) is 30.3 Å². The largest absolute Gasteiger partial charge is 0.393 e. The third-order valence-corrected chi connectivity index (χ3v) is 3.62. The molecule has 0 saturated carbocycles. The number of nitrogens with two attached hydrogens (primary N) is 1. The van der Waals surface area contributed by atoms with Gasteiger partial charge in [-0.25, -0.2) is 0 Å². The highest BCUT2D eigenvalue weighted by Crippen LogP contribution is 2.23. The Kier molecular flexibility index (Phi) is 6.65. The van der Waals surface area contributed by atoms with Crippen LogP contribution < -0.4 is 5.73 Å². The van der Waals surface area contributed by atoms with Gasteiger partial charge in [-0.1, -0.05) is 49.5 Å². The molecule has 110 valence electrons. The first-order valence-corrected chi connectivity index (χ1v) is 7.51. The number of hydrogen-bond donors (Lipinski definition) is 1. The third kappa shape index (κ3) is 4.60. The molecule has 1 rings (SSSR count). The molecular weight excluding hydrogens is 268 g/mol. The Bertz CT molecular complexity index is 445. The van der Waals surface area contributed by atoms with Crippen molar-refractivity contribution < 1.29 is 4.79 Å². The molecule has 0 saturated heterocycles. The molecule has 0 spiro atoms. The lowest BCUT2D eigenvalue weighted by molar-refractivity contribution is -0.134. The lowest BCUT2D eigenvalue weighted by Gasteiger charge is -2.30. The van der Waals surface area contributed by atoms with Crippen molar-refractivity contribution in [2.24, 2.45) is 5.73 Å². The molecule has 0 bridgehead atoms. The Balaban J connectivity index is 2.89. The second-order valence-electron chi connectivity index (χ2n) is 5.21. The molecule has 0 fully saturated rings. The summed E-state index contributed by atoms with van der Waals surface area (Å²) >= 11 is 4.91. The Labute approximate surface area is 127 Å². The van der Waals surface area contributed by atoms with Crippen LogP contribution in [0.2, 0.25) is 0 Å². The minimum absolute atomic E-state index is 0.0926. The minimum Gasteiger partial charge on any atom is -0.393 e. The van der Waals surface area contributed by atoms with E-state index < -0.39 is 0 Å². The highest BCUT2D eigenvalue weighted by atomic mass is 32.1. The average molecular weight is 292 g/mol. The SMILES string of the molecule is CCC(C(=O)N(CCC(N)=S)C(C)C)c1ccccc1. The molecule has 3 nitrogen and oxygen atoms in total. The summed E-state index contributed by atoms with van der Waals surface area (Å²) in [7, 11) is 0. The molecule has 1 unspecified atom stereocenters. The van der Waals surface area contributed by atoms with E-state index >= 15 is 0 Å². The van der Waals surface area contributed by atoms with Crippen LogP contribution in [0.1, 0.15) is 45.1 Å². The van der Waals surface area contributed by atoms with E-state index in [0.717, 1.165) is 12.0 Å². The fourth-order valence-electron chi connectivity index (χ4n) is 2.29. The first kappa shape index (κ1) is 16.6. The number of carbonyl (C=O) groups is 1. The van der Waals surface area contributed by atoms with E-state index in [0.29, 0.717) is 18.0 Å². The fraction of sp³-hybridized carbons (Fsp3) is 0.500. The van der Waals surface area contributed by atoms with Crippen LogP contribution in [-0.4, -0.2) is 28.4 Å². The van der Waals surface area contributed by atoms with E-state index in [9.17, 15) is 4.79 Å². The molecule has 0 aliphatic rings. The zero-order valence-electron chi connectivity index (χ0n) is 12.5. The van der Waals surface area contributed by atoms with E-state index in [4.69, 9.17) is 18.0 Å². The fourth-order valence-corrected chi connectivity index (χ4v) is 2.38. The molecule has 1 amide bonds. The van der Waals surface area contributed by atoms with Crippen molar-refractivity contribution >= 4 is 23.1 Å². The summed E-state index contributed by atoms with van der Waals surface area (Å²) < 4.78 is 0. The highest BCUT2D eigenvalue weighted by molar-refractivity contribution is 7.80. The number of nitrogens with zero attached hydrogens (tertiary/aromatic N) is 1. The summed E-state index contributed by atoms with van der Waals surface area (Å²) in [4.78, 5) is 15.1. The molecule has 1 aromatic rings. The highest BCUT2D eigenvalue weighted by Gasteiger charge is 2.25. The number of benzene rings is 1. The van der Waals surface area contributed by atoms with Crippen molar-refractivity contribution in [2.75, 3.05) is 6.54 Å². The molecule has 1 aromatic carbocycles. The van der Waals surface area contributed by atoms with Gasteiger partial charge in [-0.3, -0.25) is 4.79 Å². The Hall–Kier alpha value is -1.42. The van der Waals surface area contributed by atoms with E-state index in [2.05, 4.69) is 0 Å². The van der Waals surface area contributed by atoms with Gasteiger partial charge in [0.05, 0.1) is 10.9 Å². The smallest absolute Gasteiger partial charge is 0.230 e. The van der Waals surface area contributed by atoms with Gasteiger partial charge in [0.2, 0.25) is 5.91 Å². The van der Waals surface area contributed by atoms with Crippen LogP contribution in [0, 0.1) is 0 Å². The molecule has 0 radical (unpaired) electrons. The standard InChI is InChI=1S/C16H24N2OS/c1-4-14(13-8-6-5-7-9-13)16(19)18(12(2)3)11-10-15(17)20/h5-9,12,14H,4,10-11H2,1-3H3,(H2,17,20). The lowest BCUT2D eigenvalue weighted by Crippen LogP contribution is -2.41. The maximum atomic E-state index is 12.8. The van der Waals surface area contributed by atoms with Gasteiger partial charge in [0.1, 0.15) is 0 Å². The Morgan fingerprint density at radius 3 is 2.35 bits per heavy atom. The molecule has 0 aromatic heterocycles. The van der Waals surface area contributed by atoms with Gasteiger partial charge in [0.25, 0.3) is 0 Å². The topological polar surface area (TPSA) is 46.3 Å². The van der Waals surface area contributed by atoms with Gasteiger partial charge in [-0.2, -0.15) is 0 Å². The number of thiocarbonyl (C=S) groups is 1. The normalized spacial score (nSPS) is 12.2. The van der Waals surface area contributed by atoms with Crippen molar-refractivity contribution in [1.82, 2.24) is 4.90 Å². The molecule has 20 heavy (non-hydrogen) atoms. The summed E-state index contributed by atoms with van der Waals surface area (Å²) in [5, 5.41) is 0. The van der Waals surface area contributed by atoms with E-state index in [1.165, 1.54) is 0 Å². The number of carbonyl (C=O) groups excluding carboxylic acids is 1. The second kappa shape index (κ2) is 8.00. The van der Waals surface area contributed by atoms with Gasteiger partial charge in [-0.05, 0) is 25.8 Å². The molecule has 0 aliphatic heterocycles. The van der Waals surface area contributed by atoms with Crippen molar-refractivity contribution in [1.29, 1.82) is 0 Å². The van der Waals surface area contributed by atoms with Gasteiger partial charge >= 0.3 is 0 Å². The molecule has 0 heterocycles. The van der Waals surface area contributed by atoms with Crippen molar-refractivity contribution in [3.8, 4) is 0 Å². The third-order valence-electron chi connectivity index (χ3n) is 3.41. The van der Waals surface area contributed by atoms with Gasteiger partial charge < -0.3 is 10.6 Å². The quantitative estimate of drug-likeness (QED) is 0.786. The number of hydrogen-bond acceptors (Lipinski definition) is 2. The first-order chi connectivity index (χ1) is 9.47. The summed E-state index contributed by atoms with van der Waals surface area (Å²) in [5.74, 6) is 0.0647. The zero-order chi connectivity index (χ0) is 15.1. The molecular formula is C16H24N2OS. The zero-order valence-corrected chi connectivity index (χ0v) is 13.3. The van der Waals surface area contributed by atoms with E-state index in [1.807, 2.05) is 56.0 Å². The minimum atomic E-state index is -0.0926. The summed E-state index contributed by atoms with van der Waals surface area (Å²) in [5.41, 5.74) is 6.62. The maximum Gasteiger partial charge on any atom is 0.230 e. The van der Waals surface area contributed by atoms with Crippen LogP contribution in [0.5, 0.6) is 0 Å². The lowest BCUT2D eigenvalue weighted by atomic mass is 9.94. The summed E-state index contributed by atoms with van der Waals surface area (Å²) in [6, 6.07) is 10.1. The molecule has 4 heteroatoms. The van der Waals surface area contributed by atoms with Crippen LogP contribution >= 0.6 is 12.2 Å². The van der Waals surface area contributed by atoms with Crippen LogP contribution in [0.25, 0.3) is 0 Å². The van der Waals surface area contributed by atoms with Gasteiger partial charge in [0, 0.05) is 19.0 Å². The van der Waals surface area contributed by atoms with E-state index in [-0.39, 0.29) is 17.9 Å². The second-order valence-corrected chi connectivity index (χ2v) is 5.74. The summed E-state index contributed by atoms with van der Waals surface area (Å²) in [6.07, 6.45) is 1.36. The average Bonchev–Trinajstić information content (AvgIpc) is 2.40. The monoisotopic (exact) mass is 292 g/mol. The number of amides is 1. The van der Waals surface area contributed by atoms with E-state index in [1.54, 1.807) is 0 Å². The van der Waals surface area contributed by atoms with Gasteiger partial charge in [0.15, 0.2) is 0 Å². The van der Waals surface area contributed by atoms with Crippen molar-refractivity contribution in [3.63, 3.8) is 0 Å². The molecule has 0 aliphatic carbocycles. The van der Waals surface area contributed by atoms with Crippen molar-refractivity contribution in [3.05, 3.63) is 35.9 Å². The van der Waals surface area contributed by atoms with Crippen LogP contribution in [0.3, 0.4) is 0 Å². The van der Waals surface area contributed by atoms with Crippen molar-refractivity contribution in [2.45, 2.75) is 45.6 Å². The molecule has 2 N–H and O–H groups in total. The summed E-state index contributed by atoms with van der Waals surface area (Å²) in [6.45, 7) is 6.68. The predicted molar refractivity (Wildman–Crippen MR) is 87.7 cm³/mol. The Morgan fingerprint density at radius 1 is 1.30 bits per heavy atom. The first-order valence-electron chi connectivity index (χ1n) is 7.11. The van der Waals surface area contributed by atoms with Gasteiger partial charge in [-0.15, -0.1) is 0 Å². The number of rotatable bonds is 7. The Morgan fingerprint density at radius 2 is 1.90 bits per heavy atom. The predicted octanol–water partition coefficient (Wildman–Crippen LogP) is 3.09. The molecule has 1 atom stereocenters.